The number of ether oxygens (including phenoxy) is 2. The summed E-state index contributed by atoms with van der Waals surface area (Å²) in [6.45, 7) is 5.61. The number of hydrogen-bond donors (Lipinski definition) is 3. The van der Waals surface area contributed by atoms with Crippen molar-refractivity contribution < 1.29 is 29.0 Å². The van der Waals surface area contributed by atoms with Gasteiger partial charge in [0.15, 0.2) is 11.5 Å². The van der Waals surface area contributed by atoms with Gasteiger partial charge in [0.2, 0.25) is 24.5 Å². The molecule has 0 aromatic heterocycles. The number of aliphatic hydroxyl groups excluding tert-OH is 1. The van der Waals surface area contributed by atoms with Gasteiger partial charge in [0, 0.05) is 17.3 Å². The summed E-state index contributed by atoms with van der Waals surface area (Å²) in [4.78, 5) is 42.1. The number of nitrogens with one attached hydrogen (secondary N) is 2. The Morgan fingerprint density at radius 2 is 1.88 bits per heavy atom. The monoisotopic (exact) mass is 463 g/mol. The number of carbonyl (C=O) groups is 3. The highest BCUT2D eigenvalue weighted by molar-refractivity contribution is 6.15. The van der Waals surface area contributed by atoms with E-state index < -0.39 is 41.3 Å². The lowest BCUT2D eigenvalue weighted by Crippen LogP contribution is -2.54. The maximum atomic E-state index is 13.8. The Morgan fingerprint density at radius 1 is 1.12 bits per heavy atom. The third-order valence-corrected chi connectivity index (χ3v) is 7.74. The molecule has 0 aliphatic carbocycles. The van der Waals surface area contributed by atoms with Gasteiger partial charge in [0.1, 0.15) is 5.54 Å². The number of fused-ring (bicyclic) bond motifs is 5. The molecule has 5 atom stereocenters. The summed E-state index contributed by atoms with van der Waals surface area (Å²) in [5, 5.41) is 16.7. The molecule has 1 spiro atoms. The number of likely N-dealkylation sites (tertiary alicyclic amines) is 1. The second-order valence-electron chi connectivity index (χ2n) is 9.56. The smallest absolute Gasteiger partial charge is 0.250 e. The minimum Gasteiger partial charge on any atom is -0.454 e. The van der Waals surface area contributed by atoms with Crippen molar-refractivity contribution in [1.29, 1.82) is 0 Å². The third kappa shape index (κ3) is 2.59. The number of nitrogens with zero attached hydrogens (tertiary/aromatic N) is 1. The molecule has 6 rings (SSSR count). The summed E-state index contributed by atoms with van der Waals surface area (Å²) < 4.78 is 10.8. The third-order valence-electron chi connectivity index (χ3n) is 7.74. The molecule has 0 saturated carbocycles. The first-order valence-electron chi connectivity index (χ1n) is 11.4. The van der Waals surface area contributed by atoms with Crippen LogP contribution in [0.1, 0.15) is 29.2 Å². The molecule has 4 aliphatic heterocycles. The fraction of sp³-hybridized carbons (Fsp3) is 0.400. The van der Waals surface area contributed by atoms with E-state index in [1.54, 1.807) is 25.1 Å². The first-order valence-corrected chi connectivity index (χ1v) is 11.4. The van der Waals surface area contributed by atoms with Crippen molar-refractivity contribution in [1.82, 2.24) is 10.2 Å². The zero-order valence-electron chi connectivity index (χ0n) is 19.0. The standard InChI is InChI=1S/C25H25N3O6/c1-11-4-6-15-20(12(11)2)26-24(32)25(15)19-18(21(27-25)13(3)29)22(30)28(23(19)31)9-14-5-7-16-17(8-14)34-10-33-16/h4-8,13,18-19,21,27,29H,9-10H2,1-3H3,(H,26,32)/t13-,18-,19-,21-,25+/m0/s1. The molecule has 0 unspecified atom stereocenters. The van der Waals surface area contributed by atoms with E-state index in [0.717, 1.165) is 11.1 Å². The largest absolute Gasteiger partial charge is 0.454 e. The van der Waals surface area contributed by atoms with Gasteiger partial charge in [-0.2, -0.15) is 0 Å². The van der Waals surface area contributed by atoms with Crippen LogP contribution in [0.4, 0.5) is 5.69 Å². The second kappa shape index (κ2) is 7.04. The van der Waals surface area contributed by atoms with Crippen molar-refractivity contribution in [2.24, 2.45) is 11.8 Å². The van der Waals surface area contributed by atoms with Crippen molar-refractivity contribution in [3.8, 4) is 11.5 Å². The summed E-state index contributed by atoms with van der Waals surface area (Å²) in [5.41, 5.74) is 2.52. The van der Waals surface area contributed by atoms with Crippen LogP contribution in [0.2, 0.25) is 0 Å². The fourth-order valence-electron chi connectivity index (χ4n) is 5.90. The molecule has 4 aliphatic rings. The molecule has 2 saturated heterocycles. The molecule has 0 radical (unpaired) electrons. The number of benzene rings is 2. The van der Waals surface area contributed by atoms with E-state index in [1.807, 2.05) is 26.0 Å². The van der Waals surface area contributed by atoms with Gasteiger partial charge in [-0.1, -0.05) is 18.2 Å². The minimum absolute atomic E-state index is 0.0469. The molecule has 9 heteroatoms. The highest BCUT2D eigenvalue weighted by atomic mass is 16.7. The Bertz CT molecular complexity index is 1270. The molecular weight excluding hydrogens is 438 g/mol. The lowest BCUT2D eigenvalue weighted by Gasteiger charge is -2.30. The molecule has 0 bridgehead atoms. The number of imide groups is 1. The van der Waals surface area contributed by atoms with E-state index in [-0.39, 0.29) is 19.2 Å². The van der Waals surface area contributed by atoms with Crippen LogP contribution < -0.4 is 20.1 Å². The van der Waals surface area contributed by atoms with Crippen molar-refractivity contribution in [3.63, 3.8) is 0 Å². The van der Waals surface area contributed by atoms with Gasteiger partial charge < -0.3 is 19.9 Å². The molecule has 3 N–H and O–H groups in total. The Kier molecular flexibility index (Phi) is 4.37. The van der Waals surface area contributed by atoms with Gasteiger partial charge in [-0.25, -0.2) is 0 Å². The van der Waals surface area contributed by atoms with Crippen LogP contribution in [0.3, 0.4) is 0 Å². The highest BCUT2D eigenvalue weighted by Crippen LogP contribution is 2.54. The molecule has 34 heavy (non-hydrogen) atoms. The first kappa shape index (κ1) is 21.1. The molecule has 4 heterocycles. The van der Waals surface area contributed by atoms with Gasteiger partial charge in [-0.05, 0) is 49.6 Å². The number of carbonyl (C=O) groups excluding carboxylic acids is 3. The summed E-state index contributed by atoms with van der Waals surface area (Å²) in [7, 11) is 0. The van der Waals surface area contributed by atoms with Crippen LogP contribution in [0.25, 0.3) is 0 Å². The van der Waals surface area contributed by atoms with Crippen LogP contribution >= 0.6 is 0 Å². The van der Waals surface area contributed by atoms with Crippen LogP contribution in [-0.2, 0) is 26.5 Å². The normalized spacial score (nSPS) is 29.6. The van der Waals surface area contributed by atoms with Gasteiger partial charge in [-0.15, -0.1) is 0 Å². The average molecular weight is 463 g/mol. The zero-order chi connectivity index (χ0) is 23.9. The Morgan fingerprint density at radius 3 is 2.65 bits per heavy atom. The summed E-state index contributed by atoms with van der Waals surface area (Å²) in [5.74, 6) is -1.84. The molecular formula is C25H25N3O6. The van der Waals surface area contributed by atoms with E-state index in [4.69, 9.17) is 9.47 Å². The molecule has 2 aromatic carbocycles. The SMILES string of the molecule is Cc1ccc2c(c1C)NC(=O)[C@@]21N[C@@H]([C@H](C)O)[C@H]2C(=O)N(Cc3ccc4c(c3)OCO4)C(=O)[C@H]21. The summed E-state index contributed by atoms with van der Waals surface area (Å²) >= 11 is 0. The molecule has 2 fully saturated rings. The number of anilines is 1. The predicted molar refractivity (Wildman–Crippen MR) is 120 cm³/mol. The van der Waals surface area contributed by atoms with Gasteiger partial charge >= 0.3 is 0 Å². The number of amides is 3. The Hall–Kier alpha value is -3.43. The molecule has 3 amide bonds. The number of rotatable bonds is 3. The van der Waals surface area contributed by atoms with Crippen LogP contribution in [-0.4, -0.2) is 46.7 Å². The second-order valence-corrected chi connectivity index (χ2v) is 9.56. The van der Waals surface area contributed by atoms with Crippen LogP contribution in [0, 0.1) is 25.7 Å². The zero-order valence-corrected chi connectivity index (χ0v) is 19.0. The van der Waals surface area contributed by atoms with Crippen LogP contribution in [0.15, 0.2) is 30.3 Å². The minimum atomic E-state index is -1.42. The summed E-state index contributed by atoms with van der Waals surface area (Å²) in [6, 6.07) is 8.28. The maximum absolute atomic E-state index is 13.8. The lowest BCUT2D eigenvalue weighted by molar-refractivity contribution is -0.143. The topological polar surface area (TPSA) is 117 Å². The van der Waals surface area contributed by atoms with Crippen LogP contribution in [0.5, 0.6) is 11.5 Å². The predicted octanol–water partition coefficient (Wildman–Crippen LogP) is 1.33. The average Bonchev–Trinajstić information content (AvgIpc) is 3.53. The van der Waals surface area contributed by atoms with E-state index in [1.165, 1.54) is 4.90 Å². The van der Waals surface area contributed by atoms with Crippen molar-refractivity contribution in [2.45, 2.75) is 45.0 Å². The lowest BCUT2D eigenvalue weighted by atomic mass is 9.76. The van der Waals surface area contributed by atoms with E-state index >= 15 is 0 Å². The molecule has 9 nitrogen and oxygen atoms in total. The summed E-state index contributed by atoms with van der Waals surface area (Å²) in [6.07, 6.45) is -0.947. The number of hydrogen-bond acceptors (Lipinski definition) is 7. The van der Waals surface area contributed by atoms with E-state index in [2.05, 4.69) is 10.6 Å². The number of aryl methyl sites for hydroxylation is 1. The van der Waals surface area contributed by atoms with E-state index in [9.17, 15) is 19.5 Å². The first-order chi connectivity index (χ1) is 16.2. The number of aliphatic hydroxyl groups is 1. The van der Waals surface area contributed by atoms with Crippen molar-refractivity contribution in [3.05, 3.63) is 52.6 Å². The fourth-order valence-corrected chi connectivity index (χ4v) is 5.90. The van der Waals surface area contributed by atoms with Crippen molar-refractivity contribution >= 4 is 23.4 Å². The van der Waals surface area contributed by atoms with Gasteiger partial charge in [-0.3, -0.25) is 24.6 Å². The maximum Gasteiger partial charge on any atom is 0.250 e. The Balaban J connectivity index is 1.43. The van der Waals surface area contributed by atoms with Gasteiger partial charge in [0.05, 0.1) is 24.5 Å². The highest BCUT2D eigenvalue weighted by Gasteiger charge is 2.71. The quantitative estimate of drug-likeness (QED) is 0.588. The van der Waals surface area contributed by atoms with Crippen molar-refractivity contribution in [2.75, 3.05) is 12.1 Å². The van der Waals surface area contributed by atoms with E-state index in [0.29, 0.717) is 28.3 Å². The van der Waals surface area contributed by atoms with Gasteiger partial charge in [0.25, 0.3) is 0 Å². The molecule has 176 valence electrons. The molecule has 2 aromatic rings. The Labute approximate surface area is 196 Å².